The number of carbonyl (C=O) groups is 1. The number of aryl methyl sites for hydroxylation is 1. The Bertz CT molecular complexity index is 392. The van der Waals surface area contributed by atoms with Crippen LogP contribution in [-0.2, 0) is 0 Å². The van der Waals surface area contributed by atoms with Gasteiger partial charge in [0.1, 0.15) is 0 Å². The third-order valence-corrected chi connectivity index (χ3v) is 3.08. The molecule has 0 aromatic heterocycles. The summed E-state index contributed by atoms with van der Waals surface area (Å²) in [5, 5.41) is 18.1. The van der Waals surface area contributed by atoms with Gasteiger partial charge in [-0.1, -0.05) is 6.07 Å². The molecule has 1 saturated carbocycles. The van der Waals surface area contributed by atoms with E-state index in [2.05, 4.69) is 0 Å². The molecular weight excluding hydrogens is 192 g/mol. The van der Waals surface area contributed by atoms with Crippen molar-refractivity contribution in [3.8, 4) is 0 Å². The molecule has 0 heterocycles. The van der Waals surface area contributed by atoms with Gasteiger partial charge < -0.3 is 10.2 Å². The van der Waals surface area contributed by atoms with Gasteiger partial charge in [-0.15, -0.1) is 0 Å². The van der Waals surface area contributed by atoms with E-state index in [0.29, 0.717) is 11.5 Å². The van der Waals surface area contributed by atoms with Gasteiger partial charge in [0.15, 0.2) is 0 Å². The summed E-state index contributed by atoms with van der Waals surface area (Å²) in [5.74, 6) is -0.560. The van der Waals surface area contributed by atoms with Crippen LogP contribution in [0.2, 0.25) is 0 Å². The van der Waals surface area contributed by atoms with Crippen LogP contribution in [0.5, 0.6) is 0 Å². The first-order valence-electron chi connectivity index (χ1n) is 5.10. The largest absolute Gasteiger partial charge is 0.478 e. The summed E-state index contributed by atoms with van der Waals surface area (Å²) < 4.78 is 0. The van der Waals surface area contributed by atoms with Crippen molar-refractivity contribution in [2.45, 2.75) is 31.8 Å². The van der Waals surface area contributed by atoms with Gasteiger partial charge in [-0.25, -0.2) is 4.79 Å². The maximum Gasteiger partial charge on any atom is 0.335 e. The zero-order valence-corrected chi connectivity index (χ0v) is 8.60. The van der Waals surface area contributed by atoms with E-state index in [0.717, 1.165) is 24.0 Å². The Morgan fingerprint density at radius 1 is 1.40 bits per heavy atom. The lowest BCUT2D eigenvalue weighted by Crippen LogP contribution is -2.27. The molecule has 1 aliphatic carbocycles. The van der Waals surface area contributed by atoms with Crippen LogP contribution in [0.15, 0.2) is 18.2 Å². The molecule has 0 saturated heterocycles. The summed E-state index contributed by atoms with van der Waals surface area (Å²) >= 11 is 0. The Morgan fingerprint density at radius 3 is 2.60 bits per heavy atom. The third kappa shape index (κ3) is 1.88. The van der Waals surface area contributed by atoms with Gasteiger partial charge >= 0.3 is 5.97 Å². The van der Waals surface area contributed by atoms with Crippen molar-refractivity contribution in [3.63, 3.8) is 0 Å². The SMILES string of the molecule is Cc1ccc(C(=O)O)cc1C1CC(O)C1. The molecule has 80 valence electrons. The fraction of sp³-hybridized carbons (Fsp3) is 0.417. The van der Waals surface area contributed by atoms with Gasteiger partial charge in [0, 0.05) is 0 Å². The molecule has 0 bridgehead atoms. The molecule has 3 nitrogen and oxygen atoms in total. The summed E-state index contributed by atoms with van der Waals surface area (Å²) in [4.78, 5) is 10.8. The van der Waals surface area contributed by atoms with Crippen molar-refractivity contribution in [2.24, 2.45) is 0 Å². The molecule has 0 aliphatic heterocycles. The summed E-state index contributed by atoms with van der Waals surface area (Å²) in [5.41, 5.74) is 2.51. The molecule has 0 unspecified atom stereocenters. The number of hydrogen-bond acceptors (Lipinski definition) is 2. The molecule has 0 atom stereocenters. The molecule has 15 heavy (non-hydrogen) atoms. The smallest absolute Gasteiger partial charge is 0.335 e. The summed E-state index contributed by atoms with van der Waals surface area (Å²) in [7, 11) is 0. The number of benzene rings is 1. The highest BCUT2D eigenvalue weighted by atomic mass is 16.4. The highest BCUT2D eigenvalue weighted by Crippen LogP contribution is 2.38. The molecule has 1 aromatic carbocycles. The molecule has 0 spiro atoms. The first-order chi connectivity index (χ1) is 7.08. The summed E-state index contributed by atoms with van der Waals surface area (Å²) in [6, 6.07) is 5.19. The van der Waals surface area contributed by atoms with E-state index >= 15 is 0 Å². The molecule has 1 aliphatic rings. The lowest BCUT2D eigenvalue weighted by atomic mass is 9.76. The Hall–Kier alpha value is -1.35. The van der Waals surface area contributed by atoms with Gasteiger partial charge in [0.25, 0.3) is 0 Å². The van der Waals surface area contributed by atoms with Gasteiger partial charge in [-0.3, -0.25) is 0 Å². The maximum atomic E-state index is 10.8. The molecule has 1 aromatic rings. The Morgan fingerprint density at radius 2 is 2.07 bits per heavy atom. The van der Waals surface area contributed by atoms with Crippen LogP contribution in [0, 0.1) is 6.92 Å². The topological polar surface area (TPSA) is 57.5 Å². The number of aliphatic hydroxyl groups excluding tert-OH is 1. The van der Waals surface area contributed by atoms with Gasteiger partial charge in [-0.2, -0.15) is 0 Å². The lowest BCUT2D eigenvalue weighted by Gasteiger charge is -2.32. The van der Waals surface area contributed by atoms with E-state index in [-0.39, 0.29) is 6.10 Å². The van der Waals surface area contributed by atoms with Gasteiger partial charge in [-0.05, 0) is 48.9 Å². The van der Waals surface area contributed by atoms with E-state index in [1.807, 2.05) is 13.0 Å². The quantitative estimate of drug-likeness (QED) is 0.777. The average Bonchev–Trinajstić information content (AvgIpc) is 2.14. The van der Waals surface area contributed by atoms with Crippen molar-refractivity contribution in [1.29, 1.82) is 0 Å². The normalized spacial score (nSPS) is 24.7. The second-order valence-electron chi connectivity index (χ2n) is 4.20. The van der Waals surface area contributed by atoms with E-state index in [1.54, 1.807) is 12.1 Å². The molecule has 2 rings (SSSR count). The number of carboxylic acids is 1. The minimum atomic E-state index is -0.892. The standard InChI is InChI=1S/C12H14O3/c1-7-2-3-8(12(14)15)6-11(7)9-4-10(13)5-9/h2-3,6,9-10,13H,4-5H2,1H3,(H,14,15). The first-order valence-corrected chi connectivity index (χ1v) is 5.10. The van der Waals surface area contributed by atoms with Gasteiger partial charge in [0.2, 0.25) is 0 Å². The Balaban J connectivity index is 2.29. The van der Waals surface area contributed by atoms with Crippen LogP contribution in [0.4, 0.5) is 0 Å². The van der Waals surface area contributed by atoms with Crippen LogP contribution in [0.1, 0.15) is 40.2 Å². The minimum absolute atomic E-state index is 0.206. The monoisotopic (exact) mass is 206 g/mol. The summed E-state index contributed by atoms with van der Waals surface area (Å²) in [6.45, 7) is 1.98. The number of rotatable bonds is 2. The predicted octanol–water partition coefficient (Wildman–Crippen LogP) is 1.93. The number of aromatic carboxylic acids is 1. The van der Waals surface area contributed by atoms with Crippen LogP contribution < -0.4 is 0 Å². The van der Waals surface area contributed by atoms with Crippen LogP contribution in [0.25, 0.3) is 0 Å². The van der Waals surface area contributed by atoms with Crippen LogP contribution in [-0.4, -0.2) is 22.3 Å². The Kier molecular flexibility index (Phi) is 2.49. The highest BCUT2D eigenvalue weighted by molar-refractivity contribution is 5.88. The molecule has 2 N–H and O–H groups in total. The number of carboxylic acid groups (broad SMARTS) is 1. The number of hydrogen-bond donors (Lipinski definition) is 2. The zero-order chi connectivity index (χ0) is 11.0. The first kappa shape index (κ1) is 10.2. The Labute approximate surface area is 88.4 Å². The predicted molar refractivity (Wildman–Crippen MR) is 56.1 cm³/mol. The van der Waals surface area contributed by atoms with Crippen molar-refractivity contribution in [1.82, 2.24) is 0 Å². The van der Waals surface area contributed by atoms with Crippen molar-refractivity contribution < 1.29 is 15.0 Å². The molecule has 0 radical (unpaired) electrons. The highest BCUT2D eigenvalue weighted by Gasteiger charge is 2.29. The maximum absolute atomic E-state index is 10.8. The average molecular weight is 206 g/mol. The van der Waals surface area contributed by atoms with E-state index in [9.17, 15) is 9.90 Å². The van der Waals surface area contributed by atoms with E-state index < -0.39 is 5.97 Å². The van der Waals surface area contributed by atoms with E-state index in [1.165, 1.54) is 0 Å². The van der Waals surface area contributed by atoms with Crippen LogP contribution >= 0.6 is 0 Å². The van der Waals surface area contributed by atoms with Crippen molar-refractivity contribution >= 4 is 5.97 Å². The van der Waals surface area contributed by atoms with Crippen molar-refractivity contribution in [3.05, 3.63) is 34.9 Å². The van der Waals surface area contributed by atoms with Crippen molar-refractivity contribution in [2.75, 3.05) is 0 Å². The fourth-order valence-electron chi connectivity index (χ4n) is 2.06. The molecule has 1 fully saturated rings. The summed E-state index contributed by atoms with van der Waals surface area (Å²) in [6.07, 6.45) is 1.30. The molecule has 3 heteroatoms. The second-order valence-corrected chi connectivity index (χ2v) is 4.20. The number of aliphatic hydroxyl groups is 1. The lowest BCUT2D eigenvalue weighted by molar-refractivity contribution is 0.0695. The van der Waals surface area contributed by atoms with Crippen LogP contribution in [0.3, 0.4) is 0 Å². The minimum Gasteiger partial charge on any atom is -0.478 e. The second kappa shape index (κ2) is 3.66. The zero-order valence-electron chi connectivity index (χ0n) is 8.60. The molecule has 0 amide bonds. The van der Waals surface area contributed by atoms with E-state index in [4.69, 9.17) is 5.11 Å². The molecular formula is C12H14O3. The van der Waals surface area contributed by atoms with Gasteiger partial charge in [0.05, 0.1) is 11.7 Å². The fourth-order valence-corrected chi connectivity index (χ4v) is 2.06. The third-order valence-electron chi connectivity index (χ3n) is 3.08.